The number of rotatable bonds is 6. The van der Waals surface area contributed by atoms with Gasteiger partial charge in [-0.2, -0.15) is 0 Å². The zero-order valence-corrected chi connectivity index (χ0v) is 11.8. The summed E-state index contributed by atoms with van der Waals surface area (Å²) in [6.07, 6.45) is 3.60. The van der Waals surface area contributed by atoms with Crippen molar-refractivity contribution in [1.82, 2.24) is 14.9 Å². The van der Waals surface area contributed by atoms with Crippen LogP contribution in [0.5, 0.6) is 0 Å². The number of aryl methyl sites for hydroxylation is 1. The number of nitro groups is 1. The molecule has 0 bridgehead atoms. The summed E-state index contributed by atoms with van der Waals surface area (Å²) in [5.41, 5.74) is 0. The molecule has 0 aliphatic carbocycles. The van der Waals surface area contributed by atoms with Gasteiger partial charge in [0, 0.05) is 25.5 Å². The molecule has 0 aromatic carbocycles. The topological polar surface area (TPSA) is 103 Å². The molecule has 1 N–H and O–H groups in total. The van der Waals surface area contributed by atoms with Crippen LogP contribution in [-0.2, 0) is 6.54 Å². The van der Waals surface area contributed by atoms with E-state index in [1.807, 2.05) is 24.6 Å². The van der Waals surface area contributed by atoms with Crippen LogP contribution < -0.4 is 5.32 Å². The Morgan fingerprint density at radius 3 is 2.90 bits per heavy atom. The highest BCUT2D eigenvalue weighted by Crippen LogP contribution is 2.15. The Labute approximate surface area is 120 Å². The van der Waals surface area contributed by atoms with Crippen LogP contribution >= 0.6 is 0 Å². The van der Waals surface area contributed by atoms with Gasteiger partial charge in [-0.05, 0) is 18.9 Å². The summed E-state index contributed by atoms with van der Waals surface area (Å²) < 4.78 is 6.83. The van der Waals surface area contributed by atoms with E-state index in [2.05, 4.69) is 10.3 Å². The fourth-order valence-electron chi connectivity index (χ4n) is 1.90. The van der Waals surface area contributed by atoms with Gasteiger partial charge in [0.25, 0.3) is 5.91 Å². The first-order valence-corrected chi connectivity index (χ1v) is 6.47. The van der Waals surface area contributed by atoms with E-state index in [1.165, 1.54) is 6.07 Å². The summed E-state index contributed by atoms with van der Waals surface area (Å²) in [5.74, 6) is 0.133. The number of nitrogens with zero attached hydrogens (tertiary/aromatic N) is 3. The molecule has 2 rings (SSSR count). The minimum Gasteiger partial charge on any atom is -0.395 e. The third-order valence-corrected chi connectivity index (χ3v) is 3.04. The van der Waals surface area contributed by atoms with Gasteiger partial charge in [-0.25, -0.2) is 4.98 Å². The number of imidazole rings is 1. The number of hydrogen-bond acceptors (Lipinski definition) is 5. The van der Waals surface area contributed by atoms with Crippen molar-refractivity contribution in [3.8, 4) is 0 Å². The Balaban J connectivity index is 1.85. The van der Waals surface area contributed by atoms with Crippen LogP contribution in [-0.4, -0.2) is 26.9 Å². The van der Waals surface area contributed by atoms with E-state index in [0.29, 0.717) is 6.54 Å². The normalized spacial score (nSPS) is 12.1. The van der Waals surface area contributed by atoms with Crippen molar-refractivity contribution in [2.75, 3.05) is 6.54 Å². The van der Waals surface area contributed by atoms with Crippen LogP contribution in [0.25, 0.3) is 0 Å². The lowest BCUT2D eigenvalue weighted by atomic mass is 10.2. The number of carbonyl (C=O) groups is 1. The van der Waals surface area contributed by atoms with Crippen LogP contribution in [0.3, 0.4) is 0 Å². The maximum absolute atomic E-state index is 11.8. The van der Waals surface area contributed by atoms with Crippen LogP contribution in [0.4, 0.5) is 5.88 Å². The molecule has 8 nitrogen and oxygen atoms in total. The van der Waals surface area contributed by atoms with Gasteiger partial charge in [-0.15, -0.1) is 0 Å². The maximum Gasteiger partial charge on any atom is 0.433 e. The molecule has 0 saturated heterocycles. The van der Waals surface area contributed by atoms with Crippen molar-refractivity contribution in [3.05, 3.63) is 46.2 Å². The van der Waals surface area contributed by atoms with Crippen molar-refractivity contribution >= 4 is 11.8 Å². The number of nitrogens with one attached hydrogen (secondary N) is 1. The van der Waals surface area contributed by atoms with Gasteiger partial charge in [0.05, 0.1) is 6.07 Å². The largest absolute Gasteiger partial charge is 0.433 e. The van der Waals surface area contributed by atoms with E-state index in [-0.39, 0.29) is 11.7 Å². The van der Waals surface area contributed by atoms with Crippen molar-refractivity contribution in [3.63, 3.8) is 0 Å². The Morgan fingerprint density at radius 1 is 1.57 bits per heavy atom. The predicted octanol–water partition coefficient (Wildman–Crippen LogP) is 1.76. The van der Waals surface area contributed by atoms with E-state index in [4.69, 9.17) is 4.42 Å². The van der Waals surface area contributed by atoms with E-state index in [9.17, 15) is 14.9 Å². The third-order valence-electron chi connectivity index (χ3n) is 3.04. The lowest BCUT2D eigenvalue weighted by molar-refractivity contribution is -0.402. The summed E-state index contributed by atoms with van der Waals surface area (Å²) in [5, 5.41) is 13.2. The summed E-state index contributed by atoms with van der Waals surface area (Å²) in [6, 6.07) is 2.45. The Hall–Kier alpha value is -2.64. The zero-order valence-electron chi connectivity index (χ0n) is 11.8. The van der Waals surface area contributed by atoms with Crippen LogP contribution in [0.2, 0.25) is 0 Å². The second-order valence-corrected chi connectivity index (χ2v) is 4.84. The average molecular weight is 292 g/mol. The van der Waals surface area contributed by atoms with Gasteiger partial charge in [0.1, 0.15) is 10.7 Å². The van der Waals surface area contributed by atoms with E-state index < -0.39 is 16.7 Å². The van der Waals surface area contributed by atoms with Crippen LogP contribution in [0, 0.1) is 23.0 Å². The van der Waals surface area contributed by atoms with E-state index in [1.54, 1.807) is 6.20 Å². The smallest absolute Gasteiger partial charge is 0.395 e. The maximum atomic E-state index is 11.8. The fourth-order valence-corrected chi connectivity index (χ4v) is 1.90. The minimum atomic E-state index is -0.679. The first kappa shape index (κ1) is 14.8. The monoisotopic (exact) mass is 292 g/mol. The molecule has 2 aromatic heterocycles. The molecule has 8 heteroatoms. The highest BCUT2D eigenvalue weighted by Gasteiger charge is 2.17. The van der Waals surface area contributed by atoms with Crippen LogP contribution in [0.15, 0.2) is 28.9 Å². The molecule has 0 spiro atoms. The standard InChI is InChI=1S/C13H16N4O4/c1-9(8-16-6-5-14-10(16)2)7-15-13(18)11-3-4-12(21-11)17(19)20/h3-6,9H,7-8H2,1-2H3,(H,15,18). The minimum absolute atomic E-state index is 0.0623. The molecule has 2 aromatic rings. The molecule has 112 valence electrons. The molecular weight excluding hydrogens is 276 g/mol. The van der Waals surface area contributed by atoms with Crippen molar-refractivity contribution in [2.45, 2.75) is 20.4 Å². The number of amides is 1. The molecule has 21 heavy (non-hydrogen) atoms. The van der Waals surface area contributed by atoms with Gasteiger partial charge >= 0.3 is 5.88 Å². The second kappa shape index (κ2) is 6.21. The second-order valence-electron chi connectivity index (χ2n) is 4.84. The molecule has 1 amide bonds. The zero-order chi connectivity index (χ0) is 15.4. The van der Waals surface area contributed by atoms with Gasteiger partial charge < -0.3 is 14.3 Å². The van der Waals surface area contributed by atoms with Crippen LogP contribution in [0.1, 0.15) is 23.3 Å². The summed E-state index contributed by atoms with van der Waals surface area (Å²) in [6.45, 7) is 5.06. The SMILES string of the molecule is Cc1nccn1CC(C)CNC(=O)c1ccc([N+](=O)[O-])o1. The molecule has 0 radical (unpaired) electrons. The molecule has 0 saturated carbocycles. The number of carbonyl (C=O) groups excluding carboxylic acids is 1. The third kappa shape index (κ3) is 3.68. The Kier molecular flexibility index (Phi) is 4.36. The molecular formula is C13H16N4O4. The molecule has 2 heterocycles. The number of hydrogen-bond donors (Lipinski definition) is 1. The van der Waals surface area contributed by atoms with E-state index >= 15 is 0 Å². The summed E-state index contributed by atoms with van der Waals surface area (Å²) >= 11 is 0. The molecule has 1 atom stereocenters. The van der Waals surface area contributed by atoms with Crippen molar-refractivity contribution in [1.29, 1.82) is 0 Å². The van der Waals surface area contributed by atoms with Gasteiger partial charge in [0.15, 0.2) is 5.76 Å². The van der Waals surface area contributed by atoms with E-state index in [0.717, 1.165) is 18.4 Å². The average Bonchev–Trinajstić information content (AvgIpc) is 3.06. The lowest BCUT2D eigenvalue weighted by Crippen LogP contribution is -2.29. The molecule has 0 fully saturated rings. The van der Waals surface area contributed by atoms with Gasteiger partial charge in [-0.3, -0.25) is 14.9 Å². The highest BCUT2D eigenvalue weighted by atomic mass is 16.6. The first-order valence-electron chi connectivity index (χ1n) is 6.47. The molecule has 0 aliphatic rings. The predicted molar refractivity (Wildman–Crippen MR) is 73.8 cm³/mol. The van der Waals surface area contributed by atoms with Crippen molar-refractivity contribution in [2.24, 2.45) is 5.92 Å². The number of furan rings is 1. The quantitative estimate of drug-likeness (QED) is 0.645. The summed E-state index contributed by atoms with van der Waals surface area (Å²) in [7, 11) is 0. The number of aromatic nitrogens is 2. The summed E-state index contributed by atoms with van der Waals surface area (Å²) in [4.78, 5) is 25.7. The first-order chi connectivity index (χ1) is 9.97. The molecule has 1 unspecified atom stereocenters. The van der Waals surface area contributed by atoms with Crippen molar-refractivity contribution < 1.29 is 14.1 Å². The van der Waals surface area contributed by atoms with Gasteiger partial charge in [-0.1, -0.05) is 6.92 Å². The Bertz CT molecular complexity index is 646. The van der Waals surface area contributed by atoms with Gasteiger partial charge in [0.2, 0.25) is 0 Å². The highest BCUT2D eigenvalue weighted by molar-refractivity contribution is 5.91. The Morgan fingerprint density at radius 2 is 2.33 bits per heavy atom. The lowest BCUT2D eigenvalue weighted by Gasteiger charge is -2.13. The fraction of sp³-hybridized carbons (Fsp3) is 0.385. The molecule has 0 aliphatic heterocycles.